The molecule has 0 bridgehead atoms. The SMILES string of the molecule is O=CC(O)CC(O)CO. The third-order valence-electron chi connectivity index (χ3n) is 0.881. The molecule has 0 saturated carbocycles. The first-order valence-corrected chi connectivity index (χ1v) is 2.63. The number of rotatable bonds is 4. The van der Waals surface area contributed by atoms with Crippen LogP contribution in [0.4, 0.5) is 0 Å². The molecule has 2 unspecified atom stereocenters. The number of hydrogen-bond acceptors (Lipinski definition) is 4. The molecule has 0 saturated heterocycles. The molecule has 0 aliphatic carbocycles. The van der Waals surface area contributed by atoms with E-state index in [4.69, 9.17) is 15.3 Å². The molecule has 0 aliphatic heterocycles. The Labute approximate surface area is 52.7 Å². The highest BCUT2D eigenvalue weighted by Gasteiger charge is 2.08. The van der Waals surface area contributed by atoms with Gasteiger partial charge >= 0.3 is 0 Å². The zero-order valence-electron chi connectivity index (χ0n) is 4.90. The Morgan fingerprint density at radius 3 is 2.33 bits per heavy atom. The molecular formula is C5H10O4. The monoisotopic (exact) mass is 134 g/mol. The second-order valence-electron chi connectivity index (χ2n) is 1.78. The van der Waals surface area contributed by atoms with Crippen LogP contribution < -0.4 is 0 Å². The Bertz CT molecular complexity index is 83.0. The van der Waals surface area contributed by atoms with Crippen LogP contribution in [0, 0.1) is 0 Å². The largest absolute Gasteiger partial charge is 0.394 e. The molecule has 0 aromatic carbocycles. The lowest BCUT2D eigenvalue weighted by Gasteiger charge is -2.06. The van der Waals surface area contributed by atoms with E-state index in [0.29, 0.717) is 6.29 Å². The van der Waals surface area contributed by atoms with Crippen LogP contribution in [0.3, 0.4) is 0 Å². The molecule has 3 N–H and O–H groups in total. The summed E-state index contributed by atoms with van der Waals surface area (Å²) < 4.78 is 0. The smallest absolute Gasteiger partial charge is 0.148 e. The van der Waals surface area contributed by atoms with Crippen LogP contribution in [-0.4, -0.2) is 40.4 Å². The summed E-state index contributed by atoms with van der Waals surface area (Å²) >= 11 is 0. The van der Waals surface area contributed by atoms with Gasteiger partial charge in [-0.3, -0.25) is 0 Å². The first kappa shape index (κ1) is 8.55. The molecule has 4 heteroatoms. The summed E-state index contributed by atoms with van der Waals surface area (Å²) in [4.78, 5) is 9.71. The van der Waals surface area contributed by atoms with E-state index in [9.17, 15) is 4.79 Å². The lowest BCUT2D eigenvalue weighted by Crippen LogP contribution is -2.21. The Morgan fingerprint density at radius 1 is 1.44 bits per heavy atom. The lowest BCUT2D eigenvalue weighted by atomic mass is 10.2. The van der Waals surface area contributed by atoms with Gasteiger partial charge in [0.15, 0.2) is 0 Å². The van der Waals surface area contributed by atoms with Crippen molar-refractivity contribution in [2.75, 3.05) is 6.61 Å². The third kappa shape index (κ3) is 4.08. The number of aldehydes is 1. The van der Waals surface area contributed by atoms with Gasteiger partial charge in [-0.05, 0) is 0 Å². The predicted octanol–water partition coefficient (Wildman–Crippen LogP) is -1.71. The van der Waals surface area contributed by atoms with Gasteiger partial charge in [0.2, 0.25) is 0 Å². The highest BCUT2D eigenvalue weighted by atomic mass is 16.3. The van der Waals surface area contributed by atoms with Crippen molar-refractivity contribution in [2.45, 2.75) is 18.6 Å². The van der Waals surface area contributed by atoms with Gasteiger partial charge in [0.05, 0.1) is 12.7 Å². The molecule has 0 amide bonds. The van der Waals surface area contributed by atoms with E-state index >= 15 is 0 Å². The number of carbonyl (C=O) groups excluding carboxylic acids is 1. The molecule has 54 valence electrons. The minimum Gasteiger partial charge on any atom is -0.394 e. The maximum absolute atomic E-state index is 9.71. The fourth-order valence-corrected chi connectivity index (χ4v) is 0.409. The summed E-state index contributed by atoms with van der Waals surface area (Å²) in [5, 5.41) is 25.3. The summed E-state index contributed by atoms with van der Waals surface area (Å²) in [7, 11) is 0. The van der Waals surface area contributed by atoms with Crippen molar-refractivity contribution >= 4 is 6.29 Å². The summed E-state index contributed by atoms with van der Waals surface area (Å²) in [6, 6.07) is 0. The van der Waals surface area contributed by atoms with E-state index in [1.54, 1.807) is 0 Å². The number of hydrogen-bond donors (Lipinski definition) is 3. The average molecular weight is 134 g/mol. The zero-order chi connectivity index (χ0) is 7.28. The topological polar surface area (TPSA) is 77.8 Å². The summed E-state index contributed by atoms with van der Waals surface area (Å²) in [6.45, 7) is -0.426. The molecule has 4 nitrogen and oxygen atoms in total. The second-order valence-corrected chi connectivity index (χ2v) is 1.78. The summed E-state index contributed by atoms with van der Waals surface area (Å²) in [5.74, 6) is 0. The first-order chi connectivity index (χ1) is 4.20. The van der Waals surface area contributed by atoms with Crippen molar-refractivity contribution in [3.8, 4) is 0 Å². The molecule has 9 heavy (non-hydrogen) atoms. The Hall–Kier alpha value is -0.450. The molecule has 0 rings (SSSR count). The van der Waals surface area contributed by atoms with Gasteiger partial charge in [-0.1, -0.05) is 0 Å². The highest BCUT2D eigenvalue weighted by Crippen LogP contribution is 1.93. The van der Waals surface area contributed by atoms with Gasteiger partial charge in [-0.15, -0.1) is 0 Å². The fourth-order valence-electron chi connectivity index (χ4n) is 0.409. The van der Waals surface area contributed by atoms with Gasteiger partial charge in [0, 0.05) is 6.42 Å². The molecule has 0 aromatic heterocycles. The molecule has 2 atom stereocenters. The number of aliphatic hydroxyl groups is 3. The minimum atomic E-state index is -1.16. The standard InChI is InChI=1S/C5H10O4/c6-2-4(8)1-5(9)3-7/h2,4-5,7-9H,1,3H2. The average Bonchev–Trinajstić information content (AvgIpc) is 1.87. The van der Waals surface area contributed by atoms with E-state index in [0.717, 1.165) is 0 Å². The highest BCUT2D eigenvalue weighted by molar-refractivity contribution is 5.55. The zero-order valence-corrected chi connectivity index (χ0v) is 4.90. The van der Waals surface area contributed by atoms with Crippen LogP contribution in [0.2, 0.25) is 0 Å². The Balaban J connectivity index is 3.33. The van der Waals surface area contributed by atoms with Gasteiger partial charge in [0.1, 0.15) is 12.4 Å². The van der Waals surface area contributed by atoms with Crippen LogP contribution in [0.15, 0.2) is 0 Å². The molecule has 0 spiro atoms. The van der Waals surface area contributed by atoms with Crippen molar-refractivity contribution in [2.24, 2.45) is 0 Å². The summed E-state index contributed by atoms with van der Waals surface area (Å²) in [6.07, 6.45) is -1.93. The van der Waals surface area contributed by atoms with Crippen LogP contribution in [0.1, 0.15) is 6.42 Å². The Kier molecular flexibility index (Phi) is 4.21. The van der Waals surface area contributed by atoms with Crippen molar-refractivity contribution in [1.29, 1.82) is 0 Å². The number of carbonyl (C=O) groups is 1. The molecule has 0 heterocycles. The van der Waals surface area contributed by atoms with E-state index in [1.807, 2.05) is 0 Å². The Morgan fingerprint density at radius 2 is 2.00 bits per heavy atom. The first-order valence-electron chi connectivity index (χ1n) is 2.63. The molecule has 0 aromatic rings. The lowest BCUT2D eigenvalue weighted by molar-refractivity contribution is -0.116. The normalized spacial score (nSPS) is 16.8. The van der Waals surface area contributed by atoms with Gasteiger partial charge in [0.25, 0.3) is 0 Å². The van der Waals surface area contributed by atoms with E-state index in [1.165, 1.54) is 0 Å². The van der Waals surface area contributed by atoms with Crippen molar-refractivity contribution in [1.82, 2.24) is 0 Å². The fraction of sp³-hybridized carbons (Fsp3) is 0.800. The molecular weight excluding hydrogens is 124 g/mol. The quantitative estimate of drug-likeness (QED) is 0.400. The van der Waals surface area contributed by atoms with Crippen LogP contribution in [0.25, 0.3) is 0 Å². The van der Waals surface area contributed by atoms with Crippen LogP contribution in [-0.2, 0) is 4.79 Å². The van der Waals surface area contributed by atoms with Gasteiger partial charge < -0.3 is 20.1 Å². The minimum absolute atomic E-state index is 0.0972. The van der Waals surface area contributed by atoms with E-state index < -0.39 is 18.8 Å². The van der Waals surface area contributed by atoms with Crippen molar-refractivity contribution in [3.63, 3.8) is 0 Å². The van der Waals surface area contributed by atoms with Crippen LogP contribution in [0.5, 0.6) is 0 Å². The maximum Gasteiger partial charge on any atom is 0.148 e. The van der Waals surface area contributed by atoms with Gasteiger partial charge in [-0.2, -0.15) is 0 Å². The molecule has 0 aliphatic rings. The van der Waals surface area contributed by atoms with E-state index in [-0.39, 0.29) is 6.42 Å². The van der Waals surface area contributed by atoms with Gasteiger partial charge in [-0.25, -0.2) is 0 Å². The predicted molar refractivity (Wildman–Crippen MR) is 29.8 cm³/mol. The van der Waals surface area contributed by atoms with Crippen molar-refractivity contribution < 1.29 is 20.1 Å². The maximum atomic E-state index is 9.71. The molecule has 0 radical (unpaired) electrons. The van der Waals surface area contributed by atoms with Crippen molar-refractivity contribution in [3.05, 3.63) is 0 Å². The van der Waals surface area contributed by atoms with E-state index in [2.05, 4.69) is 0 Å². The molecule has 0 fully saturated rings. The summed E-state index contributed by atoms with van der Waals surface area (Å²) in [5.41, 5.74) is 0. The number of aliphatic hydroxyl groups excluding tert-OH is 3. The van der Waals surface area contributed by atoms with Crippen LogP contribution >= 0.6 is 0 Å². The third-order valence-corrected chi connectivity index (χ3v) is 0.881. The second kappa shape index (κ2) is 4.43.